The second-order valence-electron chi connectivity index (χ2n) is 10.4. The topological polar surface area (TPSA) is 67.6 Å². The molecule has 1 aliphatic carbocycles. The lowest BCUT2D eigenvalue weighted by molar-refractivity contribution is 0.0662. The molecule has 34 heavy (non-hydrogen) atoms. The number of hydrogen-bond donors (Lipinski definition) is 1. The van der Waals surface area contributed by atoms with Crippen LogP contribution < -0.4 is 10.3 Å². The predicted molar refractivity (Wildman–Crippen MR) is 135 cm³/mol. The number of aromatic nitrogens is 2. The van der Waals surface area contributed by atoms with Gasteiger partial charge in [-0.15, -0.1) is 11.3 Å². The number of nitrogens with zero attached hydrogens (tertiary/aromatic N) is 3. The molecule has 0 spiro atoms. The van der Waals surface area contributed by atoms with Crippen LogP contribution in [0.2, 0.25) is 0 Å². The number of aliphatic hydroxyl groups is 1. The average Bonchev–Trinajstić information content (AvgIpc) is 3.37. The highest BCUT2D eigenvalue weighted by Crippen LogP contribution is 2.38. The Hall–Kier alpha value is -2.22. The summed E-state index contributed by atoms with van der Waals surface area (Å²) in [5.74, 6) is 1.14. The van der Waals surface area contributed by atoms with Crippen molar-refractivity contribution >= 4 is 21.6 Å². The van der Waals surface area contributed by atoms with E-state index in [1.54, 1.807) is 10.9 Å². The molecule has 2 aromatic heterocycles. The van der Waals surface area contributed by atoms with E-state index in [-0.39, 0.29) is 17.6 Å². The molecule has 6 nitrogen and oxygen atoms in total. The van der Waals surface area contributed by atoms with Crippen LogP contribution in [0, 0.1) is 5.92 Å². The summed E-state index contributed by atoms with van der Waals surface area (Å²) in [6, 6.07) is 11.0. The normalized spacial score (nSPS) is 26.7. The molecule has 7 heteroatoms. The zero-order valence-corrected chi connectivity index (χ0v) is 20.5. The zero-order valence-electron chi connectivity index (χ0n) is 19.7. The fourth-order valence-corrected chi connectivity index (χ4v) is 7.40. The third-order valence-electron chi connectivity index (χ3n) is 8.32. The largest absolute Gasteiger partial charge is 0.490 e. The molecule has 1 aromatic carbocycles. The molecular formula is C27H33N3O3S. The van der Waals surface area contributed by atoms with Gasteiger partial charge >= 0.3 is 0 Å². The van der Waals surface area contributed by atoms with Crippen LogP contribution in [0.25, 0.3) is 15.9 Å². The molecule has 1 N–H and O–H groups in total. The van der Waals surface area contributed by atoms with E-state index in [0.29, 0.717) is 22.3 Å². The van der Waals surface area contributed by atoms with Gasteiger partial charge in [-0.05, 0) is 81.8 Å². The van der Waals surface area contributed by atoms with E-state index in [2.05, 4.69) is 16.9 Å². The van der Waals surface area contributed by atoms with Crippen LogP contribution in [0.1, 0.15) is 68.8 Å². The standard InChI is InChI=1S/C27H33N3O3S/c1-29-19-7-8-20(29)14-22(13-19)33-21-11-9-18(10-12-21)30-16-28-23-15-24(34-26(23)27(30)32)25(31)17-5-3-2-4-6-17/h9-12,15-17,19-20,22,25,31H,2-8,13-14H2,1H3/t19-,20+,22?,25?. The smallest absolute Gasteiger partial charge is 0.275 e. The molecule has 2 bridgehead atoms. The van der Waals surface area contributed by atoms with Crippen LogP contribution in [0.15, 0.2) is 41.5 Å². The Kier molecular flexibility index (Phi) is 5.95. The van der Waals surface area contributed by atoms with Gasteiger partial charge in [0.2, 0.25) is 0 Å². The van der Waals surface area contributed by atoms with E-state index in [1.165, 1.54) is 43.4 Å². The average molecular weight is 480 g/mol. The van der Waals surface area contributed by atoms with E-state index < -0.39 is 6.10 Å². The van der Waals surface area contributed by atoms with Gasteiger partial charge in [0.1, 0.15) is 22.9 Å². The quantitative estimate of drug-likeness (QED) is 0.554. The molecule has 180 valence electrons. The van der Waals surface area contributed by atoms with E-state index in [4.69, 9.17) is 4.74 Å². The van der Waals surface area contributed by atoms with Crippen LogP contribution >= 0.6 is 11.3 Å². The van der Waals surface area contributed by atoms with Crippen LogP contribution in [0.3, 0.4) is 0 Å². The van der Waals surface area contributed by atoms with Gasteiger partial charge in [0.15, 0.2) is 0 Å². The van der Waals surface area contributed by atoms with E-state index in [9.17, 15) is 9.90 Å². The molecule has 3 aliphatic rings. The minimum Gasteiger partial charge on any atom is -0.490 e. The van der Waals surface area contributed by atoms with Crippen molar-refractivity contribution in [3.8, 4) is 11.4 Å². The summed E-state index contributed by atoms with van der Waals surface area (Å²) in [5.41, 5.74) is 1.36. The Morgan fingerprint density at radius 3 is 2.47 bits per heavy atom. The third-order valence-corrected chi connectivity index (χ3v) is 9.50. The second-order valence-corrected chi connectivity index (χ2v) is 11.5. The maximum absolute atomic E-state index is 13.3. The number of hydrogen-bond acceptors (Lipinski definition) is 6. The number of fused-ring (bicyclic) bond motifs is 3. The first-order chi connectivity index (χ1) is 16.6. The summed E-state index contributed by atoms with van der Waals surface area (Å²) in [4.78, 5) is 21.2. The molecule has 0 radical (unpaired) electrons. The number of piperidine rings is 1. The monoisotopic (exact) mass is 479 g/mol. The van der Waals surface area contributed by atoms with E-state index in [0.717, 1.165) is 42.0 Å². The summed E-state index contributed by atoms with van der Waals surface area (Å²) < 4.78 is 8.51. The number of benzene rings is 1. The fourth-order valence-electron chi connectivity index (χ4n) is 6.28. The summed E-state index contributed by atoms with van der Waals surface area (Å²) in [5, 5.41) is 10.9. The van der Waals surface area contributed by atoms with Crippen LogP contribution in [-0.2, 0) is 0 Å². The van der Waals surface area contributed by atoms with Crippen LogP contribution in [0.4, 0.5) is 0 Å². The summed E-state index contributed by atoms with van der Waals surface area (Å²) in [7, 11) is 2.24. The molecule has 2 unspecified atom stereocenters. The molecule has 2 saturated heterocycles. The van der Waals surface area contributed by atoms with E-state index in [1.807, 2.05) is 30.3 Å². The lowest BCUT2D eigenvalue weighted by Gasteiger charge is -2.36. The Morgan fingerprint density at radius 1 is 1.06 bits per heavy atom. The molecule has 6 rings (SSSR count). The minimum absolute atomic E-state index is 0.0855. The summed E-state index contributed by atoms with van der Waals surface area (Å²) >= 11 is 1.39. The molecular weight excluding hydrogens is 446 g/mol. The molecule has 3 fully saturated rings. The highest BCUT2D eigenvalue weighted by Gasteiger charge is 2.39. The van der Waals surface area contributed by atoms with Crippen molar-refractivity contribution in [1.29, 1.82) is 0 Å². The van der Waals surface area contributed by atoms with Crippen molar-refractivity contribution in [2.24, 2.45) is 5.92 Å². The number of thiophene rings is 1. The molecule has 1 saturated carbocycles. The van der Waals surface area contributed by atoms with Crippen LogP contribution in [0.5, 0.6) is 5.75 Å². The zero-order chi connectivity index (χ0) is 23.2. The van der Waals surface area contributed by atoms with Crippen molar-refractivity contribution < 1.29 is 9.84 Å². The van der Waals surface area contributed by atoms with Gasteiger partial charge < -0.3 is 14.7 Å². The lowest BCUT2D eigenvalue weighted by atomic mass is 9.85. The highest BCUT2D eigenvalue weighted by atomic mass is 32.1. The Bertz CT molecular complexity index is 1200. The van der Waals surface area contributed by atoms with Gasteiger partial charge in [-0.2, -0.15) is 0 Å². The van der Waals surface area contributed by atoms with Gasteiger partial charge in [0, 0.05) is 17.0 Å². The van der Waals surface area contributed by atoms with Crippen molar-refractivity contribution in [2.45, 2.75) is 82.1 Å². The highest BCUT2D eigenvalue weighted by molar-refractivity contribution is 7.19. The third kappa shape index (κ3) is 4.08. The van der Waals surface area contributed by atoms with Gasteiger partial charge in [-0.3, -0.25) is 9.36 Å². The SMILES string of the molecule is CN1[C@@H]2CC[C@H]1CC(Oc1ccc(-n3cnc4cc(C(O)C5CCCCC5)sc4c3=O)cc1)C2. The number of aliphatic hydroxyl groups excluding tert-OH is 1. The number of rotatable bonds is 5. The van der Waals surface area contributed by atoms with E-state index >= 15 is 0 Å². The van der Waals surface area contributed by atoms with Crippen molar-refractivity contribution in [2.75, 3.05) is 7.05 Å². The van der Waals surface area contributed by atoms with Gasteiger partial charge in [0.05, 0.1) is 17.3 Å². The molecule has 4 atom stereocenters. The molecule has 2 aliphatic heterocycles. The summed E-state index contributed by atoms with van der Waals surface area (Å²) in [6.07, 6.45) is 11.8. The minimum atomic E-state index is -0.501. The van der Waals surface area contributed by atoms with Crippen molar-refractivity contribution in [1.82, 2.24) is 14.5 Å². The maximum atomic E-state index is 13.3. The lowest BCUT2D eigenvalue weighted by Crippen LogP contribution is -2.43. The second kappa shape index (κ2) is 9.10. The van der Waals surface area contributed by atoms with Crippen molar-refractivity contribution in [3.05, 3.63) is 51.9 Å². The Morgan fingerprint density at radius 2 is 1.76 bits per heavy atom. The first-order valence-electron chi connectivity index (χ1n) is 12.7. The fraction of sp³-hybridized carbons (Fsp3) is 0.556. The molecule has 4 heterocycles. The Labute approximate surface area is 204 Å². The van der Waals surface area contributed by atoms with Crippen LogP contribution in [-0.4, -0.2) is 44.8 Å². The first kappa shape index (κ1) is 22.3. The molecule has 0 amide bonds. The Balaban J connectivity index is 1.20. The number of ether oxygens (including phenoxy) is 1. The van der Waals surface area contributed by atoms with Gasteiger partial charge in [-0.25, -0.2) is 4.98 Å². The predicted octanol–water partition coefficient (Wildman–Crippen LogP) is 5.06. The first-order valence-corrected chi connectivity index (χ1v) is 13.6. The van der Waals surface area contributed by atoms with Crippen molar-refractivity contribution in [3.63, 3.8) is 0 Å². The van der Waals surface area contributed by atoms with Gasteiger partial charge in [0.25, 0.3) is 5.56 Å². The summed E-state index contributed by atoms with van der Waals surface area (Å²) in [6.45, 7) is 0. The maximum Gasteiger partial charge on any atom is 0.275 e. The molecule has 3 aromatic rings. The van der Waals surface area contributed by atoms with Gasteiger partial charge in [-0.1, -0.05) is 19.3 Å².